The van der Waals surface area contributed by atoms with Crippen LogP contribution in [0.15, 0.2) is 60.0 Å². The number of nitrogens with two attached hydrogens (primary N) is 1. The third-order valence-corrected chi connectivity index (χ3v) is 6.21. The van der Waals surface area contributed by atoms with Crippen molar-refractivity contribution in [3.05, 3.63) is 71.2 Å². The van der Waals surface area contributed by atoms with Crippen LogP contribution in [0.3, 0.4) is 0 Å². The molecule has 1 fully saturated rings. The number of ether oxygens (including phenoxy) is 1. The molecule has 1 aliphatic rings. The third kappa shape index (κ3) is 3.66. The smallest absolute Gasteiger partial charge is 0.273 e. The summed E-state index contributed by atoms with van der Waals surface area (Å²) < 4.78 is 5.20. The first-order chi connectivity index (χ1) is 13.7. The number of rotatable bonds is 5. The average molecular weight is 394 g/mol. The van der Waals surface area contributed by atoms with Crippen molar-refractivity contribution < 1.29 is 9.53 Å². The summed E-state index contributed by atoms with van der Waals surface area (Å²) >= 11 is 1.48. The van der Waals surface area contributed by atoms with E-state index in [1.165, 1.54) is 16.9 Å². The largest absolute Gasteiger partial charge is 0.497 e. The zero-order chi connectivity index (χ0) is 19.5. The van der Waals surface area contributed by atoms with Gasteiger partial charge in [-0.1, -0.05) is 30.3 Å². The number of amides is 1. The second-order valence-corrected chi connectivity index (χ2v) is 7.85. The van der Waals surface area contributed by atoms with Crippen LogP contribution in [-0.2, 0) is 0 Å². The topological polar surface area (TPSA) is 68.5 Å². The lowest BCUT2D eigenvalue weighted by molar-refractivity contribution is 0.0781. The van der Waals surface area contributed by atoms with Gasteiger partial charge in [0.2, 0.25) is 0 Å². The molecular formula is C22H23N3O2S. The molecule has 0 bridgehead atoms. The van der Waals surface area contributed by atoms with E-state index in [0.29, 0.717) is 25.3 Å². The van der Waals surface area contributed by atoms with Crippen LogP contribution < -0.4 is 10.5 Å². The highest BCUT2D eigenvalue weighted by Crippen LogP contribution is 2.33. The molecule has 1 amide bonds. The van der Waals surface area contributed by atoms with E-state index in [1.54, 1.807) is 7.11 Å². The average Bonchev–Trinajstić information content (AvgIpc) is 3.41. The number of hydrogen-bond acceptors (Lipinski definition) is 5. The Balaban J connectivity index is 1.51. The Morgan fingerprint density at radius 1 is 1.18 bits per heavy atom. The number of carbonyl (C=O) groups excluding carboxylic acids is 1. The molecule has 28 heavy (non-hydrogen) atoms. The Bertz CT molecular complexity index is 940. The first kappa shape index (κ1) is 18.7. The van der Waals surface area contributed by atoms with Gasteiger partial charge in [0.25, 0.3) is 5.91 Å². The minimum atomic E-state index is -0.0205. The van der Waals surface area contributed by atoms with E-state index in [1.807, 2.05) is 52.7 Å². The Morgan fingerprint density at radius 2 is 1.93 bits per heavy atom. The van der Waals surface area contributed by atoms with Crippen LogP contribution in [0.2, 0.25) is 0 Å². The van der Waals surface area contributed by atoms with Crippen LogP contribution >= 0.6 is 11.3 Å². The van der Waals surface area contributed by atoms with E-state index in [-0.39, 0.29) is 17.7 Å². The quantitative estimate of drug-likeness (QED) is 0.719. The maximum Gasteiger partial charge on any atom is 0.273 e. The summed E-state index contributed by atoms with van der Waals surface area (Å²) in [5.41, 5.74) is 8.73. The lowest BCUT2D eigenvalue weighted by Gasteiger charge is -2.16. The van der Waals surface area contributed by atoms with Crippen LogP contribution in [0.5, 0.6) is 5.75 Å². The molecule has 2 atom stereocenters. The summed E-state index contributed by atoms with van der Waals surface area (Å²) in [6.45, 7) is 1.92. The van der Waals surface area contributed by atoms with Crippen molar-refractivity contribution >= 4 is 17.2 Å². The molecule has 4 rings (SSSR count). The molecule has 0 unspecified atom stereocenters. The monoisotopic (exact) mass is 393 g/mol. The fourth-order valence-corrected chi connectivity index (χ4v) is 4.55. The third-order valence-electron chi connectivity index (χ3n) is 5.32. The van der Waals surface area contributed by atoms with Crippen LogP contribution in [-0.4, -0.2) is 42.5 Å². The Morgan fingerprint density at radius 3 is 2.61 bits per heavy atom. The molecule has 2 heterocycles. The highest BCUT2D eigenvalue weighted by molar-refractivity contribution is 7.13. The fraction of sp³-hybridized carbons (Fsp3) is 0.273. The summed E-state index contributed by atoms with van der Waals surface area (Å²) in [6.07, 6.45) is 0. The van der Waals surface area contributed by atoms with Gasteiger partial charge in [-0.15, -0.1) is 11.3 Å². The SMILES string of the molecule is COc1ccc(-c2nc(C(=O)N3C[C@@H](CN)[C@H](c4ccccc4)C3)cs2)cc1. The van der Waals surface area contributed by atoms with Gasteiger partial charge in [0.1, 0.15) is 16.5 Å². The lowest BCUT2D eigenvalue weighted by atomic mass is 9.89. The Kier molecular flexibility index (Phi) is 5.41. The van der Waals surface area contributed by atoms with E-state index in [9.17, 15) is 4.79 Å². The number of thiazole rings is 1. The van der Waals surface area contributed by atoms with Gasteiger partial charge in [-0.2, -0.15) is 0 Å². The van der Waals surface area contributed by atoms with Gasteiger partial charge in [-0.05, 0) is 42.3 Å². The Labute approximate surface area is 168 Å². The molecular weight excluding hydrogens is 370 g/mol. The van der Waals surface area contributed by atoms with Gasteiger partial charge >= 0.3 is 0 Å². The summed E-state index contributed by atoms with van der Waals surface area (Å²) in [5, 5.41) is 2.68. The normalized spacial score (nSPS) is 19.0. The van der Waals surface area contributed by atoms with Gasteiger partial charge in [-0.3, -0.25) is 4.79 Å². The highest BCUT2D eigenvalue weighted by Gasteiger charge is 2.36. The van der Waals surface area contributed by atoms with E-state index in [0.717, 1.165) is 16.3 Å². The maximum atomic E-state index is 13.0. The molecule has 6 heteroatoms. The molecule has 0 radical (unpaired) electrons. The molecule has 2 N–H and O–H groups in total. The molecule has 3 aromatic rings. The van der Waals surface area contributed by atoms with Crippen LogP contribution in [0.25, 0.3) is 10.6 Å². The van der Waals surface area contributed by atoms with E-state index >= 15 is 0 Å². The number of methoxy groups -OCH3 is 1. The van der Waals surface area contributed by atoms with E-state index in [4.69, 9.17) is 10.5 Å². The number of likely N-dealkylation sites (tertiary alicyclic amines) is 1. The lowest BCUT2D eigenvalue weighted by Crippen LogP contribution is -2.30. The number of aromatic nitrogens is 1. The molecule has 0 aliphatic carbocycles. The van der Waals surface area contributed by atoms with Crippen LogP contribution in [0.1, 0.15) is 22.0 Å². The van der Waals surface area contributed by atoms with Gasteiger partial charge in [0, 0.05) is 30.0 Å². The molecule has 5 nitrogen and oxygen atoms in total. The van der Waals surface area contributed by atoms with Crippen molar-refractivity contribution in [1.29, 1.82) is 0 Å². The molecule has 144 valence electrons. The number of nitrogens with zero attached hydrogens (tertiary/aromatic N) is 2. The highest BCUT2D eigenvalue weighted by atomic mass is 32.1. The minimum Gasteiger partial charge on any atom is -0.497 e. The Hall–Kier alpha value is -2.70. The first-order valence-electron chi connectivity index (χ1n) is 9.34. The number of carbonyl (C=O) groups is 1. The van der Waals surface area contributed by atoms with Crippen molar-refractivity contribution in [3.63, 3.8) is 0 Å². The second kappa shape index (κ2) is 8.12. The standard InChI is InChI=1S/C22H23N3O2S/c1-27-18-9-7-16(8-10-18)21-24-20(14-28-21)22(26)25-12-17(11-23)19(13-25)15-5-3-2-4-6-15/h2-10,14,17,19H,11-13,23H2,1H3/t17-,19+/m1/s1. The van der Waals surface area contributed by atoms with Crippen molar-refractivity contribution in [2.45, 2.75) is 5.92 Å². The van der Waals surface area contributed by atoms with E-state index < -0.39 is 0 Å². The second-order valence-electron chi connectivity index (χ2n) is 6.99. The van der Waals surface area contributed by atoms with Crippen molar-refractivity contribution in [2.75, 3.05) is 26.7 Å². The molecule has 1 saturated heterocycles. The molecule has 0 saturated carbocycles. The fourth-order valence-electron chi connectivity index (χ4n) is 3.75. The van der Waals surface area contributed by atoms with Crippen LogP contribution in [0, 0.1) is 5.92 Å². The summed E-state index contributed by atoms with van der Waals surface area (Å²) in [6, 6.07) is 18.0. The number of benzene rings is 2. The zero-order valence-corrected chi connectivity index (χ0v) is 16.6. The van der Waals surface area contributed by atoms with Crippen molar-refractivity contribution in [1.82, 2.24) is 9.88 Å². The molecule has 1 aromatic heterocycles. The zero-order valence-electron chi connectivity index (χ0n) is 15.7. The van der Waals surface area contributed by atoms with Gasteiger partial charge in [-0.25, -0.2) is 4.98 Å². The maximum absolute atomic E-state index is 13.0. The number of hydrogen-bond donors (Lipinski definition) is 1. The summed E-state index contributed by atoms with van der Waals surface area (Å²) in [7, 11) is 1.64. The van der Waals surface area contributed by atoms with Gasteiger partial charge < -0.3 is 15.4 Å². The minimum absolute atomic E-state index is 0.0205. The van der Waals surface area contributed by atoms with Gasteiger partial charge in [0.05, 0.1) is 7.11 Å². The molecule has 0 spiro atoms. The molecule has 2 aromatic carbocycles. The molecule has 1 aliphatic heterocycles. The van der Waals surface area contributed by atoms with Crippen molar-refractivity contribution in [3.8, 4) is 16.3 Å². The predicted octanol–water partition coefficient (Wildman–Crippen LogP) is 3.63. The first-order valence-corrected chi connectivity index (χ1v) is 10.2. The summed E-state index contributed by atoms with van der Waals surface area (Å²) in [4.78, 5) is 19.5. The summed E-state index contributed by atoms with van der Waals surface area (Å²) in [5.74, 6) is 1.32. The predicted molar refractivity (Wildman–Crippen MR) is 112 cm³/mol. The van der Waals surface area contributed by atoms with Crippen LogP contribution in [0.4, 0.5) is 0 Å². The van der Waals surface area contributed by atoms with E-state index in [2.05, 4.69) is 17.1 Å². The van der Waals surface area contributed by atoms with Crippen molar-refractivity contribution in [2.24, 2.45) is 11.7 Å². The van der Waals surface area contributed by atoms with Gasteiger partial charge in [0.15, 0.2) is 0 Å².